The first-order valence-corrected chi connectivity index (χ1v) is 9.33. The number of urea groups is 1. The largest absolute Gasteiger partial charge is 0.491 e. The summed E-state index contributed by atoms with van der Waals surface area (Å²) in [6.45, 7) is 1.58. The summed E-state index contributed by atoms with van der Waals surface area (Å²) >= 11 is 0. The van der Waals surface area contributed by atoms with Crippen LogP contribution in [0.4, 0.5) is 14.9 Å². The maximum Gasteiger partial charge on any atom is 0.319 e. The van der Waals surface area contributed by atoms with Gasteiger partial charge in [-0.15, -0.1) is 0 Å². The van der Waals surface area contributed by atoms with Gasteiger partial charge in [0.2, 0.25) is 0 Å². The van der Waals surface area contributed by atoms with Gasteiger partial charge in [-0.1, -0.05) is 42.5 Å². The molecule has 0 fully saturated rings. The van der Waals surface area contributed by atoms with E-state index in [1.54, 1.807) is 18.2 Å². The van der Waals surface area contributed by atoms with Crippen molar-refractivity contribution < 1.29 is 18.7 Å². The Balaban J connectivity index is 1.38. The summed E-state index contributed by atoms with van der Waals surface area (Å²) in [5, 5.41) is 5.47. The second-order valence-corrected chi connectivity index (χ2v) is 6.35. The van der Waals surface area contributed by atoms with Crippen LogP contribution >= 0.6 is 0 Å². The molecule has 0 aliphatic carbocycles. The third-order valence-corrected chi connectivity index (χ3v) is 4.04. The van der Waals surface area contributed by atoms with E-state index >= 15 is 0 Å². The van der Waals surface area contributed by atoms with E-state index in [4.69, 9.17) is 9.47 Å². The molecular weight excluding hydrogens is 371 g/mol. The number of carbonyl (C=O) groups excluding carboxylic acids is 1. The molecule has 0 atom stereocenters. The molecular formula is C23H23FN2O3. The van der Waals surface area contributed by atoms with Gasteiger partial charge in [-0.2, -0.15) is 0 Å². The molecule has 29 heavy (non-hydrogen) atoms. The molecule has 0 unspecified atom stereocenters. The van der Waals surface area contributed by atoms with Crippen LogP contribution in [0.3, 0.4) is 0 Å². The van der Waals surface area contributed by atoms with Crippen molar-refractivity contribution in [3.05, 3.63) is 95.8 Å². The van der Waals surface area contributed by atoms with Gasteiger partial charge in [0, 0.05) is 12.2 Å². The average molecular weight is 394 g/mol. The van der Waals surface area contributed by atoms with Crippen LogP contribution in [0.2, 0.25) is 0 Å². The van der Waals surface area contributed by atoms with E-state index in [0.717, 1.165) is 11.3 Å². The molecule has 0 heterocycles. The number of ether oxygens (including phenoxy) is 2. The summed E-state index contributed by atoms with van der Waals surface area (Å²) in [4.78, 5) is 12.1. The number of para-hydroxylation sites is 1. The van der Waals surface area contributed by atoms with Crippen molar-refractivity contribution in [1.29, 1.82) is 0 Å². The highest BCUT2D eigenvalue weighted by Gasteiger charge is 2.04. The highest BCUT2D eigenvalue weighted by molar-refractivity contribution is 5.89. The Morgan fingerprint density at radius 2 is 1.66 bits per heavy atom. The van der Waals surface area contributed by atoms with Crippen LogP contribution in [0.5, 0.6) is 5.75 Å². The molecule has 2 amide bonds. The minimum Gasteiger partial charge on any atom is -0.491 e. The van der Waals surface area contributed by atoms with Crippen LogP contribution in [0.25, 0.3) is 0 Å². The van der Waals surface area contributed by atoms with Crippen LogP contribution in [-0.2, 0) is 17.9 Å². The van der Waals surface area contributed by atoms with E-state index in [-0.39, 0.29) is 18.4 Å². The lowest BCUT2D eigenvalue weighted by atomic mass is 10.2. The first-order valence-electron chi connectivity index (χ1n) is 9.33. The van der Waals surface area contributed by atoms with E-state index in [9.17, 15) is 9.18 Å². The molecule has 5 nitrogen and oxygen atoms in total. The Morgan fingerprint density at radius 1 is 0.862 bits per heavy atom. The molecule has 0 saturated heterocycles. The smallest absolute Gasteiger partial charge is 0.319 e. The summed E-state index contributed by atoms with van der Waals surface area (Å²) in [7, 11) is 0. The fraction of sp³-hybridized carbons (Fsp3) is 0.174. The van der Waals surface area contributed by atoms with Crippen molar-refractivity contribution in [3.8, 4) is 5.75 Å². The molecule has 0 aliphatic rings. The molecule has 2 N–H and O–H groups in total. The van der Waals surface area contributed by atoms with Crippen molar-refractivity contribution in [2.45, 2.75) is 13.2 Å². The van der Waals surface area contributed by atoms with Crippen LogP contribution in [0.1, 0.15) is 11.1 Å². The van der Waals surface area contributed by atoms with Crippen LogP contribution in [0.15, 0.2) is 78.9 Å². The van der Waals surface area contributed by atoms with Crippen LogP contribution in [0, 0.1) is 5.82 Å². The van der Waals surface area contributed by atoms with E-state index < -0.39 is 0 Å². The summed E-state index contributed by atoms with van der Waals surface area (Å²) in [6.07, 6.45) is 0. The van der Waals surface area contributed by atoms with Gasteiger partial charge in [0.25, 0.3) is 0 Å². The third kappa shape index (κ3) is 7.27. The van der Waals surface area contributed by atoms with E-state index in [1.165, 1.54) is 12.1 Å². The average Bonchev–Trinajstić information content (AvgIpc) is 2.73. The molecule has 150 valence electrons. The minimum atomic E-state index is -0.358. The first kappa shape index (κ1) is 20.4. The Bertz CT molecular complexity index is 919. The first-order chi connectivity index (χ1) is 14.2. The zero-order valence-electron chi connectivity index (χ0n) is 15.9. The summed E-state index contributed by atoms with van der Waals surface area (Å²) in [5.74, 6) is 0.484. The molecule has 0 saturated carbocycles. The third-order valence-electron chi connectivity index (χ3n) is 4.04. The Kier molecular flexibility index (Phi) is 7.60. The zero-order chi connectivity index (χ0) is 20.3. The van der Waals surface area contributed by atoms with E-state index in [1.807, 2.05) is 48.5 Å². The van der Waals surface area contributed by atoms with Crippen LogP contribution in [-0.4, -0.2) is 19.2 Å². The fourth-order valence-corrected chi connectivity index (χ4v) is 2.67. The lowest BCUT2D eigenvalue weighted by molar-refractivity contribution is 0.0889. The quantitative estimate of drug-likeness (QED) is 0.515. The molecule has 3 rings (SSSR count). The number of rotatable bonds is 9. The van der Waals surface area contributed by atoms with Crippen molar-refractivity contribution >= 4 is 11.7 Å². The Hall–Kier alpha value is -3.38. The molecule has 0 aliphatic heterocycles. The zero-order valence-corrected chi connectivity index (χ0v) is 15.9. The molecule has 0 bridgehead atoms. The van der Waals surface area contributed by atoms with Crippen molar-refractivity contribution in [1.82, 2.24) is 5.32 Å². The molecule has 3 aromatic rings. The number of halogens is 1. The van der Waals surface area contributed by atoms with Gasteiger partial charge in [-0.3, -0.25) is 0 Å². The van der Waals surface area contributed by atoms with Gasteiger partial charge in [-0.25, -0.2) is 9.18 Å². The lowest BCUT2D eigenvalue weighted by Gasteiger charge is -2.10. The minimum absolute atomic E-state index is 0.244. The molecule has 3 aromatic carbocycles. The van der Waals surface area contributed by atoms with Gasteiger partial charge in [-0.05, 0) is 47.5 Å². The molecule has 0 aromatic heterocycles. The summed E-state index contributed by atoms with van der Waals surface area (Å²) in [5.41, 5.74) is 2.29. The second kappa shape index (κ2) is 10.8. The number of carbonyl (C=O) groups is 1. The number of anilines is 1. The van der Waals surface area contributed by atoms with Gasteiger partial charge >= 0.3 is 6.03 Å². The van der Waals surface area contributed by atoms with Crippen molar-refractivity contribution in [2.24, 2.45) is 0 Å². The molecule has 0 spiro atoms. The maximum atomic E-state index is 13.2. The monoisotopic (exact) mass is 394 g/mol. The summed E-state index contributed by atoms with van der Waals surface area (Å²) in [6, 6.07) is 22.7. The predicted molar refractivity (Wildman–Crippen MR) is 110 cm³/mol. The van der Waals surface area contributed by atoms with Gasteiger partial charge in [0.1, 0.15) is 18.2 Å². The second-order valence-electron chi connectivity index (χ2n) is 6.35. The Morgan fingerprint density at radius 3 is 2.48 bits per heavy atom. The Labute approximate surface area is 169 Å². The normalized spacial score (nSPS) is 10.4. The number of hydrogen-bond acceptors (Lipinski definition) is 3. The predicted octanol–water partition coefficient (Wildman–Crippen LogP) is 4.74. The van der Waals surface area contributed by atoms with Crippen LogP contribution < -0.4 is 15.4 Å². The van der Waals surface area contributed by atoms with Crippen molar-refractivity contribution in [3.63, 3.8) is 0 Å². The van der Waals surface area contributed by atoms with E-state index in [2.05, 4.69) is 10.6 Å². The molecule has 6 heteroatoms. The summed E-state index contributed by atoms with van der Waals surface area (Å²) < 4.78 is 24.4. The highest BCUT2D eigenvalue weighted by atomic mass is 19.1. The van der Waals surface area contributed by atoms with Crippen molar-refractivity contribution in [2.75, 3.05) is 18.5 Å². The van der Waals surface area contributed by atoms with E-state index in [0.29, 0.717) is 31.1 Å². The fourth-order valence-electron chi connectivity index (χ4n) is 2.67. The molecule has 0 radical (unpaired) electrons. The topological polar surface area (TPSA) is 59.6 Å². The van der Waals surface area contributed by atoms with Gasteiger partial charge < -0.3 is 20.1 Å². The lowest BCUT2D eigenvalue weighted by Crippen LogP contribution is -2.28. The number of amides is 2. The number of nitrogens with one attached hydrogen (secondary N) is 2. The SMILES string of the molecule is O=C(NCc1cccc(F)c1)Nc1cccc(COCCOc2ccccc2)c1. The highest BCUT2D eigenvalue weighted by Crippen LogP contribution is 2.12. The maximum absolute atomic E-state index is 13.2. The number of benzene rings is 3. The van der Waals surface area contributed by atoms with Gasteiger partial charge in [0.05, 0.1) is 13.2 Å². The number of hydrogen-bond donors (Lipinski definition) is 2. The standard InChI is InChI=1S/C23H23FN2O3/c24-20-8-4-6-18(14-20)16-25-23(27)26-21-9-5-7-19(15-21)17-28-12-13-29-22-10-2-1-3-11-22/h1-11,14-15H,12-13,16-17H2,(H2,25,26,27). The van der Waals surface area contributed by atoms with Gasteiger partial charge in [0.15, 0.2) is 0 Å².